The highest BCUT2D eigenvalue weighted by atomic mass is 32.2. The van der Waals surface area contributed by atoms with Crippen molar-refractivity contribution in [2.24, 2.45) is 0 Å². The molecule has 0 N–H and O–H groups in total. The summed E-state index contributed by atoms with van der Waals surface area (Å²) in [6.07, 6.45) is 12.0. The Kier molecular flexibility index (Phi) is 8.31. The topological polar surface area (TPSA) is 77.7 Å². The number of amides is 1. The molecule has 0 spiro atoms. The van der Waals surface area contributed by atoms with Crippen molar-refractivity contribution in [1.29, 1.82) is 0 Å². The van der Waals surface area contributed by atoms with Crippen molar-refractivity contribution in [3.8, 4) is 11.5 Å². The maximum absolute atomic E-state index is 13.3. The smallest absolute Gasteiger partial charge is 0.277 e. The molecule has 1 aromatic heterocycles. The number of benzene rings is 1. The van der Waals surface area contributed by atoms with Gasteiger partial charge in [0.05, 0.1) is 12.9 Å². The van der Waals surface area contributed by atoms with E-state index in [-0.39, 0.29) is 12.5 Å². The first-order chi connectivity index (χ1) is 15.7. The monoisotopic (exact) mass is 459 g/mol. The van der Waals surface area contributed by atoms with Crippen LogP contribution in [0.3, 0.4) is 0 Å². The average molecular weight is 460 g/mol. The Morgan fingerprint density at radius 3 is 2.25 bits per heavy atom. The number of aromatic nitrogens is 2. The van der Waals surface area contributed by atoms with E-state index in [0.29, 0.717) is 40.4 Å². The zero-order valence-corrected chi connectivity index (χ0v) is 19.6. The van der Waals surface area contributed by atoms with Gasteiger partial charge < -0.3 is 18.8 Å². The van der Waals surface area contributed by atoms with Gasteiger partial charge in [0, 0.05) is 12.1 Å². The van der Waals surface area contributed by atoms with Gasteiger partial charge in [-0.05, 0) is 37.8 Å². The van der Waals surface area contributed by atoms with Crippen molar-refractivity contribution < 1.29 is 18.7 Å². The predicted octanol–water partition coefficient (Wildman–Crippen LogP) is 5.24. The molecule has 1 aromatic carbocycles. The number of carbonyl (C=O) groups is 1. The molecule has 0 aliphatic heterocycles. The molecule has 8 heteroatoms. The zero-order valence-electron chi connectivity index (χ0n) is 18.8. The quantitative estimate of drug-likeness (QED) is 0.474. The lowest BCUT2D eigenvalue weighted by Crippen LogP contribution is -2.49. The minimum Gasteiger partial charge on any atom is -0.493 e. The van der Waals surface area contributed by atoms with Gasteiger partial charge in [-0.1, -0.05) is 62.4 Å². The van der Waals surface area contributed by atoms with Gasteiger partial charge in [0.25, 0.3) is 11.1 Å². The van der Waals surface area contributed by atoms with Gasteiger partial charge in [0.15, 0.2) is 18.1 Å². The van der Waals surface area contributed by atoms with E-state index in [1.165, 1.54) is 50.3 Å². The molecule has 0 saturated heterocycles. The fraction of sp³-hybridized carbons (Fsp3) is 0.625. The molecule has 2 aliphatic rings. The van der Waals surface area contributed by atoms with Gasteiger partial charge in [0.1, 0.15) is 0 Å². The van der Waals surface area contributed by atoms with E-state index in [0.717, 1.165) is 25.7 Å². The summed E-state index contributed by atoms with van der Waals surface area (Å²) in [4.78, 5) is 15.5. The number of methoxy groups -OCH3 is 1. The van der Waals surface area contributed by atoms with Crippen LogP contribution in [0.4, 0.5) is 0 Å². The van der Waals surface area contributed by atoms with E-state index in [1.807, 2.05) is 24.3 Å². The van der Waals surface area contributed by atoms with Crippen molar-refractivity contribution in [3.05, 3.63) is 30.2 Å². The van der Waals surface area contributed by atoms with Crippen LogP contribution < -0.4 is 9.47 Å². The summed E-state index contributed by atoms with van der Waals surface area (Å²) in [7, 11) is 1.60. The lowest BCUT2D eigenvalue weighted by molar-refractivity contribution is -0.135. The van der Waals surface area contributed by atoms with E-state index in [1.54, 1.807) is 7.11 Å². The van der Waals surface area contributed by atoms with E-state index >= 15 is 0 Å². The summed E-state index contributed by atoms with van der Waals surface area (Å²) >= 11 is 1.32. The fourth-order valence-electron chi connectivity index (χ4n) is 4.85. The Morgan fingerprint density at radius 2 is 1.62 bits per heavy atom. The SMILES string of the molecule is COc1ccccc1OCc1nnc(SCC(=O)N(C2CCCCC2)C2CCCCC2)o1. The Bertz CT molecular complexity index is 844. The molecule has 2 saturated carbocycles. The third-order valence-corrected chi connectivity index (χ3v) is 7.22. The van der Waals surface area contributed by atoms with Gasteiger partial charge >= 0.3 is 0 Å². The predicted molar refractivity (Wildman–Crippen MR) is 123 cm³/mol. The molecule has 1 amide bonds. The molecule has 0 atom stereocenters. The molecular weight excluding hydrogens is 426 g/mol. The molecule has 4 rings (SSSR count). The number of thioether (sulfide) groups is 1. The molecule has 0 bridgehead atoms. The van der Waals surface area contributed by atoms with Crippen LogP contribution in [0.2, 0.25) is 0 Å². The van der Waals surface area contributed by atoms with E-state index in [2.05, 4.69) is 15.1 Å². The lowest BCUT2D eigenvalue weighted by Gasteiger charge is -2.41. The molecule has 2 aromatic rings. The molecule has 1 heterocycles. The van der Waals surface area contributed by atoms with Crippen LogP contribution in [0.5, 0.6) is 11.5 Å². The summed E-state index contributed by atoms with van der Waals surface area (Å²) in [5.74, 6) is 2.19. The largest absolute Gasteiger partial charge is 0.493 e. The summed E-state index contributed by atoms with van der Waals surface area (Å²) in [5.41, 5.74) is 0. The molecule has 0 unspecified atom stereocenters. The first-order valence-corrected chi connectivity index (χ1v) is 12.8. The zero-order chi connectivity index (χ0) is 22.2. The standard InChI is InChI=1S/C24H33N3O4S/c1-29-20-14-8-9-15-21(20)30-16-22-25-26-24(31-22)32-17-23(28)27(18-10-4-2-5-11-18)19-12-6-3-7-13-19/h8-9,14-15,18-19H,2-7,10-13,16-17H2,1H3. The molecule has 32 heavy (non-hydrogen) atoms. The first-order valence-electron chi connectivity index (χ1n) is 11.8. The molecule has 174 valence electrons. The fourth-order valence-corrected chi connectivity index (χ4v) is 5.50. The molecular formula is C24H33N3O4S. The highest BCUT2D eigenvalue weighted by molar-refractivity contribution is 7.99. The van der Waals surface area contributed by atoms with Gasteiger partial charge in [-0.15, -0.1) is 10.2 Å². The van der Waals surface area contributed by atoms with Crippen LogP contribution in [-0.2, 0) is 11.4 Å². The van der Waals surface area contributed by atoms with Crippen LogP contribution in [0.25, 0.3) is 0 Å². The Balaban J connectivity index is 1.32. The van der Waals surface area contributed by atoms with Crippen molar-refractivity contribution in [3.63, 3.8) is 0 Å². The summed E-state index contributed by atoms with van der Waals surface area (Å²) in [5, 5.41) is 8.56. The number of carbonyl (C=O) groups excluding carboxylic acids is 1. The van der Waals surface area contributed by atoms with Gasteiger partial charge in [-0.25, -0.2) is 0 Å². The highest BCUT2D eigenvalue weighted by Crippen LogP contribution is 2.31. The minimum atomic E-state index is 0.151. The minimum absolute atomic E-state index is 0.151. The van der Waals surface area contributed by atoms with Crippen LogP contribution in [-0.4, -0.2) is 46.0 Å². The highest BCUT2D eigenvalue weighted by Gasteiger charge is 2.32. The van der Waals surface area contributed by atoms with E-state index < -0.39 is 0 Å². The van der Waals surface area contributed by atoms with Gasteiger partial charge in [-0.2, -0.15) is 0 Å². The third-order valence-electron chi connectivity index (χ3n) is 6.41. The molecule has 7 nitrogen and oxygen atoms in total. The maximum Gasteiger partial charge on any atom is 0.277 e. The second-order valence-electron chi connectivity index (χ2n) is 8.57. The van der Waals surface area contributed by atoms with Crippen LogP contribution in [0, 0.1) is 0 Å². The van der Waals surface area contributed by atoms with Gasteiger partial charge in [-0.3, -0.25) is 4.79 Å². The summed E-state index contributed by atoms with van der Waals surface area (Å²) in [6, 6.07) is 8.21. The average Bonchev–Trinajstić information content (AvgIpc) is 3.31. The first kappa shape index (κ1) is 23.0. The van der Waals surface area contributed by atoms with Crippen molar-refractivity contribution >= 4 is 17.7 Å². The van der Waals surface area contributed by atoms with Crippen molar-refractivity contribution in [1.82, 2.24) is 15.1 Å². The van der Waals surface area contributed by atoms with Crippen molar-refractivity contribution in [2.45, 2.75) is 88.1 Å². The summed E-state index contributed by atoms with van der Waals surface area (Å²) < 4.78 is 16.7. The van der Waals surface area contributed by atoms with Gasteiger partial charge in [0.2, 0.25) is 5.91 Å². The number of hydrogen-bond acceptors (Lipinski definition) is 7. The number of nitrogens with zero attached hydrogens (tertiary/aromatic N) is 3. The number of ether oxygens (including phenoxy) is 2. The lowest BCUT2D eigenvalue weighted by atomic mass is 9.88. The van der Waals surface area contributed by atoms with Crippen molar-refractivity contribution in [2.75, 3.05) is 12.9 Å². The van der Waals surface area contributed by atoms with E-state index in [4.69, 9.17) is 13.9 Å². The number of para-hydroxylation sites is 2. The van der Waals surface area contributed by atoms with Crippen LogP contribution in [0.15, 0.2) is 33.9 Å². The summed E-state index contributed by atoms with van der Waals surface area (Å²) in [6.45, 7) is 0.151. The third kappa shape index (κ3) is 5.97. The molecule has 2 aliphatic carbocycles. The Labute approximate surface area is 194 Å². The Morgan fingerprint density at radius 1 is 1.00 bits per heavy atom. The number of hydrogen-bond donors (Lipinski definition) is 0. The van der Waals surface area contributed by atoms with E-state index in [9.17, 15) is 4.79 Å². The maximum atomic E-state index is 13.3. The molecule has 2 fully saturated rings. The number of rotatable bonds is 9. The second-order valence-corrected chi connectivity index (χ2v) is 9.50. The second kappa shape index (κ2) is 11.6. The van der Waals surface area contributed by atoms with Crippen LogP contribution in [0.1, 0.15) is 70.1 Å². The Hall–Kier alpha value is -2.22. The molecule has 0 radical (unpaired) electrons. The normalized spacial score (nSPS) is 17.8. The van der Waals surface area contributed by atoms with Crippen LogP contribution >= 0.6 is 11.8 Å².